The van der Waals surface area contributed by atoms with Crippen molar-refractivity contribution < 1.29 is 4.42 Å². The Morgan fingerprint density at radius 3 is 1.34 bits per heavy atom. The first-order chi connectivity index (χ1) is 30.8. The van der Waals surface area contributed by atoms with E-state index in [0.29, 0.717) is 0 Å². The monoisotopic (exact) mass is 791 g/mol. The Balaban J connectivity index is 1.07. The maximum Gasteiger partial charge on any atom is 0.136 e. The third-order valence-corrected chi connectivity index (χ3v) is 11.9. The molecule has 0 radical (unpaired) electrons. The van der Waals surface area contributed by atoms with Gasteiger partial charge in [0.25, 0.3) is 0 Å². The Hall–Kier alpha value is -8.20. The van der Waals surface area contributed by atoms with E-state index in [1.165, 1.54) is 33.4 Å². The predicted molar refractivity (Wildman–Crippen MR) is 261 cm³/mol. The molecule has 0 saturated heterocycles. The van der Waals surface area contributed by atoms with Crippen LogP contribution in [-0.2, 0) is 0 Å². The predicted octanol–water partition coefficient (Wildman–Crippen LogP) is 17.1. The van der Waals surface area contributed by atoms with Crippen molar-refractivity contribution >= 4 is 39.0 Å². The second kappa shape index (κ2) is 16.1. The van der Waals surface area contributed by atoms with Crippen molar-refractivity contribution in [3.05, 3.63) is 249 Å². The van der Waals surface area contributed by atoms with Gasteiger partial charge in [-0.25, -0.2) is 0 Å². The minimum absolute atomic E-state index is 0.892. The van der Waals surface area contributed by atoms with E-state index < -0.39 is 0 Å². The number of benzene rings is 10. The average molecular weight is 792 g/mol. The Labute approximate surface area is 362 Å². The Morgan fingerprint density at radius 2 is 0.645 bits per heavy atom. The molecule has 0 bridgehead atoms. The summed E-state index contributed by atoms with van der Waals surface area (Å²) in [5.41, 5.74) is 19.0. The van der Waals surface area contributed by atoms with Gasteiger partial charge in [0.2, 0.25) is 0 Å². The molecule has 0 atom stereocenters. The lowest BCUT2D eigenvalue weighted by atomic mass is 9.88. The lowest BCUT2D eigenvalue weighted by Crippen LogP contribution is -2.12. The number of hydrogen-bond donors (Lipinski definition) is 0. The van der Waals surface area contributed by atoms with Crippen molar-refractivity contribution in [1.82, 2.24) is 0 Å². The summed E-state index contributed by atoms with van der Waals surface area (Å²) >= 11 is 0. The molecule has 0 aliphatic heterocycles. The molecule has 0 N–H and O–H groups in total. The molecule has 11 rings (SSSR count). The minimum Gasteiger partial charge on any atom is -0.456 e. The van der Waals surface area contributed by atoms with Crippen LogP contribution >= 0.6 is 0 Å². The highest BCUT2D eigenvalue weighted by atomic mass is 16.3. The van der Waals surface area contributed by atoms with Gasteiger partial charge in [-0.15, -0.1) is 0 Å². The molecule has 0 aliphatic carbocycles. The zero-order valence-corrected chi connectivity index (χ0v) is 34.0. The van der Waals surface area contributed by atoms with Gasteiger partial charge in [0.15, 0.2) is 0 Å². The van der Waals surface area contributed by atoms with Crippen LogP contribution in [0.5, 0.6) is 0 Å². The number of para-hydroxylation sites is 3. The Kier molecular flexibility index (Phi) is 9.57. The summed E-state index contributed by atoms with van der Waals surface area (Å²) < 4.78 is 6.30. The highest BCUT2D eigenvalue weighted by Crippen LogP contribution is 2.48. The van der Waals surface area contributed by atoms with E-state index in [4.69, 9.17) is 4.42 Å². The summed E-state index contributed by atoms with van der Waals surface area (Å²) in [6, 6.07) is 89.1. The molecule has 0 saturated carbocycles. The lowest BCUT2D eigenvalue weighted by molar-refractivity contribution is 0.669. The summed E-state index contributed by atoms with van der Waals surface area (Å²) in [5.74, 6) is 0. The first-order valence-electron chi connectivity index (χ1n) is 21.2. The smallest absolute Gasteiger partial charge is 0.136 e. The van der Waals surface area contributed by atoms with Crippen LogP contribution in [0.4, 0.5) is 17.1 Å². The molecule has 1 heterocycles. The second-order valence-electron chi connectivity index (χ2n) is 15.6. The first kappa shape index (κ1) is 36.8. The number of fused-ring (bicyclic) bond motifs is 3. The zero-order valence-electron chi connectivity index (χ0n) is 34.0. The van der Waals surface area contributed by atoms with Gasteiger partial charge in [0.1, 0.15) is 11.2 Å². The molecule has 1 aromatic heterocycles. The molecule has 0 amide bonds. The van der Waals surface area contributed by atoms with Crippen molar-refractivity contribution in [2.24, 2.45) is 0 Å². The maximum atomic E-state index is 6.30. The van der Waals surface area contributed by atoms with Gasteiger partial charge in [-0.3, -0.25) is 0 Å². The second-order valence-corrected chi connectivity index (χ2v) is 15.6. The molecular formula is C60H41NO. The van der Waals surface area contributed by atoms with E-state index in [1.807, 2.05) is 12.1 Å². The van der Waals surface area contributed by atoms with Crippen LogP contribution in [0.2, 0.25) is 0 Å². The molecule has 62 heavy (non-hydrogen) atoms. The van der Waals surface area contributed by atoms with Crippen LogP contribution < -0.4 is 4.90 Å². The minimum atomic E-state index is 0.892. The fourth-order valence-corrected chi connectivity index (χ4v) is 8.94. The molecule has 2 heteroatoms. The van der Waals surface area contributed by atoms with Crippen LogP contribution in [0.1, 0.15) is 0 Å². The Bertz CT molecular complexity index is 3330. The van der Waals surface area contributed by atoms with Crippen molar-refractivity contribution in [3.8, 4) is 66.8 Å². The van der Waals surface area contributed by atoms with E-state index in [1.54, 1.807) is 0 Å². The number of nitrogens with zero attached hydrogens (tertiary/aromatic N) is 1. The van der Waals surface area contributed by atoms with Gasteiger partial charge in [0.05, 0.1) is 11.4 Å². The van der Waals surface area contributed by atoms with Crippen LogP contribution in [0, 0.1) is 0 Å². The number of hydrogen-bond acceptors (Lipinski definition) is 2. The highest BCUT2D eigenvalue weighted by molar-refractivity contribution is 6.06. The summed E-state index contributed by atoms with van der Waals surface area (Å²) in [4.78, 5) is 2.43. The molecule has 10 aromatic carbocycles. The van der Waals surface area contributed by atoms with Gasteiger partial charge < -0.3 is 9.32 Å². The normalized spacial score (nSPS) is 11.2. The van der Waals surface area contributed by atoms with Crippen molar-refractivity contribution in [2.45, 2.75) is 0 Å². The van der Waals surface area contributed by atoms with E-state index in [9.17, 15) is 0 Å². The van der Waals surface area contributed by atoms with Crippen molar-refractivity contribution in [1.29, 1.82) is 0 Å². The van der Waals surface area contributed by atoms with Crippen LogP contribution in [0.25, 0.3) is 88.7 Å². The van der Waals surface area contributed by atoms with Crippen LogP contribution in [0.3, 0.4) is 0 Å². The molecular weight excluding hydrogens is 751 g/mol. The van der Waals surface area contributed by atoms with E-state index in [-0.39, 0.29) is 0 Å². The third kappa shape index (κ3) is 6.84. The molecule has 0 spiro atoms. The van der Waals surface area contributed by atoms with E-state index in [0.717, 1.165) is 72.4 Å². The summed E-state index contributed by atoms with van der Waals surface area (Å²) in [6.45, 7) is 0. The number of rotatable bonds is 9. The molecule has 0 unspecified atom stereocenters. The summed E-state index contributed by atoms with van der Waals surface area (Å²) in [7, 11) is 0. The fourth-order valence-electron chi connectivity index (χ4n) is 8.94. The quantitative estimate of drug-likeness (QED) is 0.145. The van der Waals surface area contributed by atoms with Crippen LogP contribution in [0.15, 0.2) is 253 Å². The summed E-state index contributed by atoms with van der Waals surface area (Å²) in [6.07, 6.45) is 0. The van der Waals surface area contributed by atoms with Gasteiger partial charge in [-0.1, -0.05) is 206 Å². The maximum absolute atomic E-state index is 6.30. The number of anilines is 3. The van der Waals surface area contributed by atoms with E-state index >= 15 is 0 Å². The van der Waals surface area contributed by atoms with E-state index in [2.05, 4.69) is 241 Å². The molecule has 292 valence electrons. The van der Waals surface area contributed by atoms with Crippen LogP contribution in [-0.4, -0.2) is 0 Å². The largest absolute Gasteiger partial charge is 0.456 e. The molecule has 0 fully saturated rings. The molecule has 0 aliphatic rings. The molecule has 2 nitrogen and oxygen atoms in total. The van der Waals surface area contributed by atoms with Gasteiger partial charge >= 0.3 is 0 Å². The molecule has 11 aromatic rings. The lowest BCUT2D eigenvalue weighted by Gasteiger charge is -2.30. The topological polar surface area (TPSA) is 16.4 Å². The third-order valence-electron chi connectivity index (χ3n) is 11.9. The number of furan rings is 1. The average Bonchev–Trinajstić information content (AvgIpc) is 3.73. The zero-order chi connectivity index (χ0) is 41.2. The highest BCUT2D eigenvalue weighted by Gasteiger charge is 2.22. The van der Waals surface area contributed by atoms with Gasteiger partial charge in [0, 0.05) is 27.6 Å². The summed E-state index contributed by atoms with van der Waals surface area (Å²) in [5, 5.41) is 2.26. The van der Waals surface area contributed by atoms with Gasteiger partial charge in [-0.2, -0.15) is 0 Å². The SMILES string of the molecule is c1ccc(-c2ccc(-c3ccccc3N(c3ccc(-c4ccc5c(c4)oc4ccccc45)cc3)c3ccccc3-c3ccccc3-c3ccccc3-c3ccccc3)cc2)cc1. The van der Waals surface area contributed by atoms with Crippen molar-refractivity contribution in [3.63, 3.8) is 0 Å². The standard InChI is InChI=1S/C60H41NO/c1-3-17-42(18-4-1)43-31-33-46(34-32-43)50-22-11-14-28-57(50)61(48-38-35-44(36-39-48)47-37-40-56-55-27-13-16-30-59(55)62-60(56)41-47)58-29-15-12-26-54(58)53-25-10-9-24-52(53)51-23-8-7-21-49(51)45-19-5-2-6-20-45/h1-41H. The van der Waals surface area contributed by atoms with Gasteiger partial charge in [-0.05, 0) is 98.1 Å². The van der Waals surface area contributed by atoms with Crippen molar-refractivity contribution in [2.75, 3.05) is 4.90 Å². The first-order valence-corrected chi connectivity index (χ1v) is 21.2. The Morgan fingerprint density at radius 1 is 0.242 bits per heavy atom. The fraction of sp³-hybridized carbons (Fsp3) is 0.